The number of aliphatic hydroxyl groups excluding tert-OH is 1. The molecule has 1 heterocycles. The van der Waals surface area contributed by atoms with Gasteiger partial charge >= 0.3 is 0 Å². The minimum atomic E-state index is -0.441. The predicted molar refractivity (Wildman–Crippen MR) is 77.2 cm³/mol. The monoisotopic (exact) mass is 259 g/mol. The Balaban J connectivity index is 2.08. The number of methoxy groups -OCH3 is 1. The second kappa shape index (κ2) is 5.68. The molecule has 19 heavy (non-hydrogen) atoms. The van der Waals surface area contributed by atoms with E-state index in [1.165, 1.54) is 0 Å². The summed E-state index contributed by atoms with van der Waals surface area (Å²) in [6, 6.07) is 12.0. The summed E-state index contributed by atoms with van der Waals surface area (Å²) < 4.78 is 5.34. The highest BCUT2D eigenvalue weighted by molar-refractivity contribution is 5.78. The number of nitrogens with zero attached hydrogens (tertiary/aromatic N) is 1. The van der Waals surface area contributed by atoms with Gasteiger partial charge < -0.3 is 9.84 Å². The molecule has 0 saturated carbocycles. The fraction of sp³-hybridized carbons (Fsp3) is 0.438. The summed E-state index contributed by atoms with van der Waals surface area (Å²) in [7, 11) is 1.67. The fourth-order valence-electron chi connectivity index (χ4n) is 2.19. The number of benzene rings is 1. The molecule has 0 fully saturated rings. The lowest BCUT2D eigenvalue weighted by Crippen LogP contribution is -2.29. The van der Waals surface area contributed by atoms with Gasteiger partial charge in [0.1, 0.15) is 0 Å². The summed E-state index contributed by atoms with van der Waals surface area (Å²) in [6.45, 7) is 3.95. The zero-order valence-corrected chi connectivity index (χ0v) is 11.8. The van der Waals surface area contributed by atoms with E-state index in [0.717, 1.165) is 16.6 Å². The number of ether oxygens (including phenoxy) is 1. The van der Waals surface area contributed by atoms with Crippen LogP contribution in [0.3, 0.4) is 0 Å². The van der Waals surface area contributed by atoms with Crippen LogP contribution in [0.4, 0.5) is 0 Å². The first-order chi connectivity index (χ1) is 9.00. The first-order valence-electron chi connectivity index (χ1n) is 6.58. The van der Waals surface area contributed by atoms with Crippen LogP contribution in [0.2, 0.25) is 0 Å². The molecule has 0 radical (unpaired) electrons. The molecule has 102 valence electrons. The maximum atomic E-state index is 10.1. The molecule has 1 atom stereocenters. The van der Waals surface area contributed by atoms with Gasteiger partial charge in [0, 0.05) is 31.0 Å². The largest absolute Gasteiger partial charge is 0.393 e. The third-order valence-corrected chi connectivity index (χ3v) is 3.38. The standard InChI is InChI=1S/C16H21NO2/c1-16(2,19-3)11-14(18)10-13-9-8-12-6-4-5-7-15(12)17-13/h4-9,14,18H,10-11H2,1-3H3. The summed E-state index contributed by atoms with van der Waals surface area (Å²) in [6.07, 6.45) is 0.707. The minimum Gasteiger partial charge on any atom is -0.393 e. The third-order valence-electron chi connectivity index (χ3n) is 3.38. The first kappa shape index (κ1) is 14.0. The van der Waals surface area contributed by atoms with Gasteiger partial charge in [0.15, 0.2) is 0 Å². The van der Waals surface area contributed by atoms with E-state index in [9.17, 15) is 5.11 Å². The molecule has 1 N–H and O–H groups in total. The molecule has 0 amide bonds. The minimum absolute atomic E-state index is 0.309. The lowest BCUT2D eigenvalue weighted by atomic mass is 9.97. The van der Waals surface area contributed by atoms with Crippen molar-refractivity contribution in [1.82, 2.24) is 4.98 Å². The lowest BCUT2D eigenvalue weighted by Gasteiger charge is -2.25. The fourth-order valence-corrected chi connectivity index (χ4v) is 2.19. The molecular weight excluding hydrogens is 238 g/mol. The van der Waals surface area contributed by atoms with Crippen LogP contribution in [0, 0.1) is 0 Å². The van der Waals surface area contributed by atoms with E-state index in [2.05, 4.69) is 4.98 Å². The van der Waals surface area contributed by atoms with E-state index in [-0.39, 0.29) is 5.60 Å². The van der Waals surface area contributed by atoms with Crippen molar-refractivity contribution in [3.8, 4) is 0 Å². The highest BCUT2D eigenvalue weighted by Gasteiger charge is 2.21. The van der Waals surface area contributed by atoms with Gasteiger partial charge in [0.05, 0.1) is 17.2 Å². The van der Waals surface area contributed by atoms with E-state index in [0.29, 0.717) is 12.8 Å². The zero-order valence-electron chi connectivity index (χ0n) is 11.8. The second-order valence-corrected chi connectivity index (χ2v) is 5.52. The average Bonchev–Trinajstić information content (AvgIpc) is 2.38. The smallest absolute Gasteiger partial charge is 0.0705 e. The topological polar surface area (TPSA) is 42.4 Å². The van der Waals surface area contributed by atoms with Crippen LogP contribution >= 0.6 is 0 Å². The number of aliphatic hydroxyl groups is 1. The second-order valence-electron chi connectivity index (χ2n) is 5.52. The van der Waals surface area contributed by atoms with E-state index in [1.807, 2.05) is 50.2 Å². The Kier molecular flexibility index (Phi) is 4.17. The summed E-state index contributed by atoms with van der Waals surface area (Å²) in [4.78, 5) is 4.57. The summed E-state index contributed by atoms with van der Waals surface area (Å²) in [5.74, 6) is 0. The van der Waals surface area contributed by atoms with Gasteiger partial charge in [-0.1, -0.05) is 24.3 Å². The number of pyridine rings is 1. The van der Waals surface area contributed by atoms with Crippen LogP contribution in [0.1, 0.15) is 26.0 Å². The molecule has 1 aromatic carbocycles. The number of hydrogen-bond donors (Lipinski definition) is 1. The van der Waals surface area contributed by atoms with Crippen molar-refractivity contribution in [3.63, 3.8) is 0 Å². The highest BCUT2D eigenvalue weighted by atomic mass is 16.5. The quantitative estimate of drug-likeness (QED) is 0.897. The van der Waals surface area contributed by atoms with Crippen molar-refractivity contribution < 1.29 is 9.84 Å². The Bertz CT molecular complexity index is 551. The summed E-state index contributed by atoms with van der Waals surface area (Å²) in [5, 5.41) is 11.2. The number of rotatable bonds is 5. The van der Waals surface area contributed by atoms with Crippen LogP contribution < -0.4 is 0 Å². The molecule has 0 spiro atoms. The number of para-hydroxylation sites is 1. The molecule has 0 aliphatic carbocycles. The van der Waals surface area contributed by atoms with Crippen molar-refractivity contribution >= 4 is 10.9 Å². The van der Waals surface area contributed by atoms with E-state index in [1.54, 1.807) is 7.11 Å². The normalized spacial score (nSPS) is 13.7. The first-order valence-corrected chi connectivity index (χ1v) is 6.58. The van der Waals surface area contributed by atoms with Gasteiger partial charge in [0.25, 0.3) is 0 Å². The van der Waals surface area contributed by atoms with Crippen LogP contribution in [-0.2, 0) is 11.2 Å². The molecule has 1 unspecified atom stereocenters. The third kappa shape index (κ3) is 3.75. The van der Waals surface area contributed by atoms with Crippen LogP contribution in [0.5, 0.6) is 0 Å². The highest BCUT2D eigenvalue weighted by Crippen LogP contribution is 2.19. The van der Waals surface area contributed by atoms with Gasteiger partial charge in [-0.2, -0.15) is 0 Å². The van der Waals surface area contributed by atoms with Crippen LogP contribution in [0.25, 0.3) is 10.9 Å². The van der Waals surface area contributed by atoms with Gasteiger partial charge in [-0.3, -0.25) is 4.98 Å². The predicted octanol–water partition coefficient (Wildman–Crippen LogP) is 2.95. The van der Waals surface area contributed by atoms with Gasteiger partial charge in [-0.15, -0.1) is 0 Å². The molecule has 2 rings (SSSR count). The molecule has 2 aromatic rings. The molecule has 0 bridgehead atoms. The number of aromatic nitrogens is 1. The van der Waals surface area contributed by atoms with E-state index >= 15 is 0 Å². The molecule has 0 saturated heterocycles. The Morgan fingerprint density at radius 3 is 2.68 bits per heavy atom. The molecule has 0 aliphatic rings. The summed E-state index contributed by atoms with van der Waals surface area (Å²) >= 11 is 0. The Labute approximate surface area is 114 Å². The van der Waals surface area contributed by atoms with Gasteiger partial charge in [-0.05, 0) is 26.0 Å². The van der Waals surface area contributed by atoms with Crippen molar-refractivity contribution in [3.05, 3.63) is 42.1 Å². The van der Waals surface area contributed by atoms with E-state index in [4.69, 9.17) is 4.74 Å². The van der Waals surface area contributed by atoms with Crippen molar-refractivity contribution in [2.75, 3.05) is 7.11 Å². The Morgan fingerprint density at radius 1 is 1.21 bits per heavy atom. The number of fused-ring (bicyclic) bond motifs is 1. The van der Waals surface area contributed by atoms with Gasteiger partial charge in [-0.25, -0.2) is 0 Å². The Morgan fingerprint density at radius 2 is 1.95 bits per heavy atom. The van der Waals surface area contributed by atoms with E-state index < -0.39 is 6.10 Å². The van der Waals surface area contributed by atoms with Crippen molar-refractivity contribution in [1.29, 1.82) is 0 Å². The maximum Gasteiger partial charge on any atom is 0.0705 e. The molecular formula is C16H21NO2. The summed E-state index contributed by atoms with van der Waals surface area (Å²) in [5.41, 5.74) is 1.58. The number of hydrogen-bond acceptors (Lipinski definition) is 3. The molecule has 3 heteroatoms. The average molecular weight is 259 g/mol. The maximum absolute atomic E-state index is 10.1. The Hall–Kier alpha value is -1.45. The van der Waals surface area contributed by atoms with Crippen LogP contribution in [0.15, 0.2) is 36.4 Å². The molecule has 0 aliphatic heterocycles. The lowest BCUT2D eigenvalue weighted by molar-refractivity contribution is -0.0192. The van der Waals surface area contributed by atoms with Crippen molar-refractivity contribution in [2.24, 2.45) is 0 Å². The molecule has 1 aromatic heterocycles. The SMILES string of the molecule is COC(C)(C)CC(O)Cc1ccc2ccccc2n1. The van der Waals surface area contributed by atoms with Crippen LogP contribution in [-0.4, -0.2) is 28.9 Å². The van der Waals surface area contributed by atoms with Gasteiger partial charge in [0.2, 0.25) is 0 Å². The van der Waals surface area contributed by atoms with Crippen molar-refractivity contribution in [2.45, 2.75) is 38.4 Å². The zero-order chi connectivity index (χ0) is 13.9. The molecule has 3 nitrogen and oxygen atoms in total.